The van der Waals surface area contributed by atoms with Gasteiger partial charge in [0.05, 0.1) is 0 Å². The van der Waals surface area contributed by atoms with E-state index in [1.807, 2.05) is 0 Å². The van der Waals surface area contributed by atoms with Crippen LogP contribution in [0.1, 0.15) is 20.8 Å². The maximum absolute atomic E-state index is 11.1. The fourth-order valence-corrected chi connectivity index (χ4v) is 1.99. The highest BCUT2D eigenvalue weighted by Gasteiger charge is 2.20. The van der Waals surface area contributed by atoms with E-state index in [1.54, 1.807) is 6.92 Å². The Hall–Kier alpha value is -0.610. The predicted molar refractivity (Wildman–Crippen MR) is 66.4 cm³/mol. The summed E-state index contributed by atoms with van der Waals surface area (Å²) in [6.45, 7) is 11.4. The fraction of sp³-hybridized carbons (Fsp3) is 0.917. The second-order valence-corrected chi connectivity index (χ2v) is 5.15. The molecule has 0 aromatic carbocycles. The molecular formula is C12H25N3O. The third-order valence-electron chi connectivity index (χ3n) is 3.24. The van der Waals surface area contributed by atoms with Gasteiger partial charge in [0.25, 0.3) is 0 Å². The van der Waals surface area contributed by atoms with Crippen LogP contribution in [-0.2, 0) is 4.79 Å². The zero-order chi connectivity index (χ0) is 12.1. The first-order chi connectivity index (χ1) is 7.49. The van der Waals surface area contributed by atoms with Gasteiger partial charge in [0.15, 0.2) is 0 Å². The summed E-state index contributed by atoms with van der Waals surface area (Å²) in [5.74, 6) is 0.566. The molecule has 1 N–H and O–H groups in total. The molecule has 1 amide bonds. The van der Waals surface area contributed by atoms with Crippen LogP contribution in [0.4, 0.5) is 0 Å². The van der Waals surface area contributed by atoms with Crippen molar-refractivity contribution in [2.45, 2.75) is 26.8 Å². The van der Waals surface area contributed by atoms with Crippen molar-refractivity contribution in [3.8, 4) is 0 Å². The van der Waals surface area contributed by atoms with E-state index in [2.05, 4.69) is 36.0 Å². The SMILES string of the molecule is CC(=O)N[C@H](CN1CCN(C)CC1)C(C)C. The number of rotatable bonds is 4. The number of amides is 1. The lowest BCUT2D eigenvalue weighted by atomic mass is 10.0. The van der Waals surface area contributed by atoms with Crippen molar-refractivity contribution < 1.29 is 4.79 Å². The first-order valence-electron chi connectivity index (χ1n) is 6.17. The van der Waals surface area contributed by atoms with Crippen molar-refractivity contribution >= 4 is 5.91 Å². The molecule has 1 rings (SSSR count). The maximum Gasteiger partial charge on any atom is 0.217 e. The largest absolute Gasteiger partial charge is 0.352 e. The first kappa shape index (κ1) is 13.5. The zero-order valence-corrected chi connectivity index (χ0v) is 11.0. The smallest absolute Gasteiger partial charge is 0.217 e. The van der Waals surface area contributed by atoms with Crippen LogP contribution < -0.4 is 5.32 Å². The van der Waals surface area contributed by atoms with Gasteiger partial charge in [-0.25, -0.2) is 0 Å². The van der Waals surface area contributed by atoms with E-state index in [9.17, 15) is 4.79 Å². The van der Waals surface area contributed by atoms with Crippen LogP contribution in [0.25, 0.3) is 0 Å². The number of hydrogen-bond acceptors (Lipinski definition) is 3. The van der Waals surface area contributed by atoms with E-state index >= 15 is 0 Å². The third-order valence-corrected chi connectivity index (χ3v) is 3.24. The number of likely N-dealkylation sites (N-methyl/N-ethyl adjacent to an activating group) is 1. The average Bonchev–Trinajstić information content (AvgIpc) is 2.19. The Kier molecular flexibility index (Phi) is 5.22. The van der Waals surface area contributed by atoms with E-state index in [0.29, 0.717) is 5.92 Å². The number of hydrogen-bond donors (Lipinski definition) is 1. The highest BCUT2D eigenvalue weighted by atomic mass is 16.1. The molecule has 1 saturated heterocycles. The van der Waals surface area contributed by atoms with E-state index in [0.717, 1.165) is 32.7 Å². The molecule has 4 nitrogen and oxygen atoms in total. The lowest BCUT2D eigenvalue weighted by molar-refractivity contribution is -0.120. The standard InChI is InChI=1S/C12H25N3O/c1-10(2)12(13-11(3)16)9-15-7-5-14(4)6-8-15/h10,12H,5-9H2,1-4H3,(H,13,16)/t12-/m1/s1. The van der Waals surface area contributed by atoms with Crippen LogP contribution in [0.15, 0.2) is 0 Å². The third kappa shape index (κ3) is 4.49. The molecule has 16 heavy (non-hydrogen) atoms. The summed E-state index contributed by atoms with van der Waals surface area (Å²) >= 11 is 0. The second kappa shape index (κ2) is 6.21. The number of nitrogens with zero attached hydrogens (tertiary/aromatic N) is 2. The Balaban J connectivity index is 2.39. The molecule has 0 aromatic rings. The number of piperazine rings is 1. The van der Waals surface area contributed by atoms with Crippen molar-refractivity contribution in [1.82, 2.24) is 15.1 Å². The van der Waals surface area contributed by atoms with Crippen molar-refractivity contribution in [2.75, 3.05) is 39.8 Å². The van der Waals surface area contributed by atoms with E-state index in [1.165, 1.54) is 0 Å². The van der Waals surface area contributed by atoms with Crippen molar-refractivity contribution in [1.29, 1.82) is 0 Å². The van der Waals surface area contributed by atoms with Gasteiger partial charge in [-0.3, -0.25) is 9.69 Å². The Morgan fingerprint density at radius 2 is 1.81 bits per heavy atom. The first-order valence-corrected chi connectivity index (χ1v) is 6.17. The highest BCUT2D eigenvalue weighted by molar-refractivity contribution is 5.73. The van der Waals surface area contributed by atoms with Gasteiger partial charge in [0.2, 0.25) is 5.91 Å². The molecule has 1 aliphatic heterocycles. The summed E-state index contributed by atoms with van der Waals surface area (Å²) in [4.78, 5) is 15.9. The summed E-state index contributed by atoms with van der Waals surface area (Å²) < 4.78 is 0. The van der Waals surface area contributed by atoms with Gasteiger partial charge in [-0.1, -0.05) is 13.8 Å². The molecule has 1 atom stereocenters. The molecule has 1 fully saturated rings. The molecular weight excluding hydrogens is 202 g/mol. The molecule has 0 unspecified atom stereocenters. The highest BCUT2D eigenvalue weighted by Crippen LogP contribution is 2.07. The molecule has 1 heterocycles. The van der Waals surface area contributed by atoms with Crippen LogP contribution in [0.2, 0.25) is 0 Å². The normalized spacial score (nSPS) is 21.1. The van der Waals surface area contributed by atoms with Gasteiger partial charge in [-0.2, -0.15) is 0 Å². The van der Waals surface area contributed by atoms with E-state index in [-0.39, 0.29) is 11.9 Å². The van der Waals surface area contributed by atoms with Crippen LogP contribution in [0.3, 0.4) is 0 Å². The summed E-state index contributed by atoms with van der Waals surface area (Å²) in [5, 5.41) is 3.04. The topological polar surface area (TPSA) is 35.6 Å². The lowest BCUT2D eigenvalue weighted by Gasteiger charge is -2.35. The minimum Gasteiger partial charge on any atom is -0.352 e. The molecule has 0 saturated carbocycles. The van der Waals surface area contributed by atoms with Crippen LogP contribution >= 0.6 is 0 Å². The van der Waals surface area contributed by atoms with Gasteiger partial charge >= 0.3 is 0 Å². The van der Waals surface area contributed by atoms with Gasteiger partial charge in [0, 0.05) is 45.7 Å². The van der Waals surface area contributed by atoms with Gasteiger partial charge < -0.3 is 10.2 Å². The van der Waals surface area contributed by atoms with Crippen molar-refractivity contribution in [3.05, 3.63) is 0 Å². The Morgan fingerprint density at radius 1 is 1.25 bits per heavy atom. The predicted octanol–water partition coefficient (Wildman–Crippen LogP) is 0.395. The zero-order valence-electron chi connectivity index (χ0n) is 11.0. The summed E-state index contributed by atoms with van der Waals surface area (Å²) in [6, 6.07) is 0.279. The lowest BCUT2D eigenvalue weighted by Crippen LogP contribution is -2.51. The summed E-state index contributed by atoms with van der Waals surface area (Å²) in [7, 11) is 2.16. The van der Waals surface area contributed by atoms with Gasteiger partial charge in [-0.15, -0.1) is 0 Å². The molecule has 0 aliphatic carbocycles. The Morgan fingerprint density at radius 3 is 2.25 bits per heavy atom. The van der Waals surface area contributed by atoms with Gasteiger partial charge in [0.1, 0.15) is 0 Å². The monoisotopic (exact) mass is 227 g/mol. The van der Waals surface area contributed by atoms with Crippen molar-refractivity contribution in [3.63, 3.8) is 0 Å². The minimum atomic E-state index is 0.0767. The molecule has 0 bridgehead atoms. The second-order valence-electron chi connectivity index (χ2n) is 5.15. The molecule has 0 aromatic heterocycles. The van der Waals surface area contributed by atoms with Crippen LogP contribution in [0, 0.1) is 5.92 Å². The molecule has 0 spiro atoms. The minimum absolute atomic E-state index is 0.0767. The molecule has 4 heteroatoms. The van der Waals surface area contributed by atoms with Crippen LogP contribution in [-0.4, -0.2) is 61.5 Å². The summed E-state index contributed by atoms with van der Waals surface area (Å²) in [6.07, 6.45) is 0. The molecule has 1 aliphatic rings. The Bertz CT molecular complexity index is 222. The molecule has 0 radical (unpaired) electrons. The molecule has 94 valence electrons. The van der Waals surface area contributed by atoms with E-state index in [4.69, 9.17) is 0 Å². The average molecular weight is 227 g/mol. The number of carbonyl (C=O) groups excluding carboxylic acids is 1. The Labute approximate surface area is 99.0 Å². The maximum atomic E-state index is 11.1. The number of carbonyl (C=O) groups is 1. The van der Waals surface area contributed by atoms with Gasteiger partial charge in [-0.05, 0) is 13.0 Å². The van der Waals surface area contributed by atoms with E-state index < -0.39 is 0 Å². The summed E-state index contributed by atoms with van der Waals surface area (Å²) in [5.41, 5.74) is 0. The van der Waals surface area contributed by atoms with Crippen molar-refractivity contribution in [2.24, 2.45) is 5.92 Å². The fourth-order valence-electron chi connectivity index (χ4n) is 1.99. The quantitative estimate of drug-likeness (QED) is 0.755. The van der Waals surface area contributed by atoms with Crippen LogP contribution in [0.5, 0.6) is 0 Å². The number of nitrogens with one attached hydrogen (secondary N) is 1.